The number of hydrogen-bond acceptors (Lipinski definition) is 7. The van der Waals surface area contributed by atoms with Gasteiger partial charge in [0.15, 0.2) is 5.82 Å². The number of nitrogens with one attached hydrogen (secondary N) is 2. The van der Waals surface area contributed by atoms with Gasteiger partial charge < -0.3 is 11.1 Å². The number of nitrogens with zero attached hydrogens (tertiary/aromatic N) is 4. The minimum atomic E-state index is -3.43. The zero-order valence-corrected chi connectivity index (χ0v) is 21.9. The number of benzene rings is 1. The lowest BCUT2D eigenvalue weighted by Gasteiger charge is -2.40. The third-order valence-corrected chi connectivity index (χ3v) is 8.83. The first-order chi connectivity index (χ1) is 17.5. The molecule has 2 aliphatic rings. The quantitative estimate of drug-likeness (QED) is 0.427. The fourth-order valence-corrected chi connectivity index (χ4v) is 5.18. The average molecular weight is 528 g/mol. The van der Waals surface area contributed by atoms with Crippen molar-refractivity contribution in [2.75, 3.05) is 23.1 Å². The van der Waals surface area contributed by atoms with E-state index in [2.05, 4.69) is 26.1 Å². The molecular weight excluding hydrogens is 494 g/mol. The maximum Gasteiger partial charge on any atom is 0.254 e. The highest BCUT2D eigenvalue weighted by Crippen LogP contribution is 2.36. The molecule has 1 aromatic carbocycles. The maximum absolute atomic E-state index is 12.3. The predicted molar refractivity (Wildman–Crippen MR) is 139 cm³/mol. The fraction of sp³-hybridized carbons (Fsp3) is 0.520. The summed E-state index contributed by atoms with van der Waals surface area (Å²) in [5.41, 5.74) is 6.55. The first-order valence-corrected chi connectivity index (χ1v) is 14.0. The smallest absolute Gasteiger partial charge is 0.254 e. The van der Waals surface area contributed by atoms with Crippen LogP contribution < -0.4 is 15.8 Å². The SMILES string of the molecule is CC(C)S(=O)(=O)Nc1cccc(CN2CCC(CC#N)(n3cc(C(N)=O)c(NC(=O)C4CC4)n3)CC2)c1. The summed E-state index contributed by atoms with van der Waals surface area (Å²) in [5.74, 6) is -0.768. The van der Waals surface area contributed by atoms with Gasteiger partial charge >= 0.3 is 0 Å². The van der Waals surface area contributed by atoms with Crippen molar-refractivity contribution < 1.29 is 18.0 Å². The van der Waals surface area contributed by atoms with Crippen molar-refractivity contribution in [3.8, 4) is 6.07 Å². The number of rotatable bonds is 10. The summed E-state index contributed by atoms with van der Waals surface area (Å²) < 4.78 is 28.7. The van der Waals surface area contributed by atoms with E-state index >= 15 is 0 Å². The molecular formula is C25H33N7O4S. The molecule has 0 spiro atoms. The molecule has 2 amide bonds. The number of carbonyl (C=O) groups is 2. The van der Waals surface area contributed by atoms with E-state index < -0.39 is 26.7 Å². The lowest BCUT2D eigenvalue weighted by molar-refractivity contribution is -0.117. The normalized spacial score (nSPS) is 17.8. The van der Waals surface area contributed by atoms with Gasteiger partial charge in [-0.05, 0) is 57.2 Å². The van der Waals surface area contributed by atoms with E-state index in [1.807, 2.05) is 18.2 Å². The van der Waals surface area contributed by atoms with E-state index in [0.717, 1.165) is 18.4 Å². The van der Waals surface area contributed by atoms with Crippen molar-refractivity contribution >= 4 is 33.3 Å². The van der Waals surface area contributed by atoms with Gasteiger partial charge in [-0.3, -0.25) is 23.9 Å². The van der Waals surface area contributed by atoms with Crippen LogP contribution in [-0.2, 0) is 26.9 Å². The molecule has 0 bridgehead atoms. The number of piperidine rings is 1. The Bertz CT molecular complexity index is 1320. The van der Waals surface area contributed by atoms with E-state index in [-0.39, 0.29) is 29.6 Å². The van der Waals surface area contributed by atoms with Crippen molar-refractivity contribution in [3.05, 3.63) is 41.6 Å². The fourth-order valence-electron chi connectivity index (χ4n) is 4.49. The second kappa shape index (κ2) is 10.5. The van der Waals surface area contributed by atoms with Crippen LogP contribution in [0.3, 0.4) is 0 Å². The standard InChI is InChI=1S/C25H33N7O4S/c1-17(2)37(35,36)30-20-5-3-4-18(14-20)15-31-12-9-25(8-11-26,10-13-31)32-16-21(22(27)33)23(29-32)28-24(34)19-6-7-19/h3-5,14,16-17,19,30H,6-10,12-13,15H2,1-2H3,(H2,27,33)(H,28,29,34). The summed E-state index contributed by atoms with van der Waals surface area (Å²) >= 11 is 0. The van der Waals surface area contributed by atoms with Crippen LogP contribution >= 0.6 is 0 Å². The van der Waals surface area contributed by atoms with E-state index in [9.17, 15) is 23.3 Å². The molecule has 1 saturated heterocycles. The molecule has 4 rings (SSSR count). The molecule has 2 fully saturated rings. The highest BCUT2D eigenvalue weighted by atomic mass is 32.2. The number of likely N-dealkylation sites (tertiary alicyclic amines) is 1. The van der Waals surface area contributed by atoms with Crippen LogP contribution in [0.1, 0.15) is 61.9 Å². The molecule has 2 aromatic rings. The van der Waals surface area contributed by atoms with Gasteiger partial charge in [0.1, 0.15) is 5.56 Å². The number of carbonyl (C=O) groups excluding carboxylic acids is 2. The van der Waals surface area contributed by atoms with Crippen LogP contribution in [0.2, 0.25) is 0 Å². The molecule has 37 heavy (non-hydrogen) atoms. The summed E-state index contributed by atoms with van der Waals surface area (Å²) in [6, 6.07) is 9.59. The number of primary amides is 1. The minimum Gasteiger partial charge on any atom is -0.365 e. The Morgan fingerprint density at radius 2 is 1.97 bits per heavy atom. The third-order valence-electron chi connectivity index (χ3n) is 7.06. The number of anilines is 2. The topological polar surface area (TPSA) is 163 Å². The van der Waals surface area contributed by atoms with Crippen molar-refractivity contribution in [2.45, 2.75) is 63.3 Å². The van der Waals surface area contributed by atoms with E-state index in [0.29, 0.717) is 38.2 Å². The van der Waals surface area contributed by atoms with Gasteiger partial charge in [-0.25, -0.2) is 8.42 Å². The lowest BCUT2D eigenvalue weighted by Crippen LogP contribution is -2.46. The summed E-state index contributed by atoms with van der Waals surface area (Å²) in [4.78, 5) is 26.6. The Kier molecular flexibility index (Phi) is 7.57. The van der Waals surface area contributed by atoms with Crippen LogP contribution in [0.15, 0.2) is 30.5 Å². The Morgan fingerprint density at radius 3 is 2.57 bits per heavy atom. The van der Waals surface area contributed by atoms with E-state index in [1.54, 1.807) is 30.8 Å². The monoisotopic (exact) mass is 527 g/mol. The van der Waals surface area contributed by atoms with Gasteiger partial charge in [-0.2, -0.15) is 10.4 Å². The molecule has 1 saturated carbocycles. The van der Waals surface area contributed by atoms with Crippen LogP contribution in [0, 0.1) is 17.2 Å². The Balaban J connectivity index is 1.47. The summed E-state index contributed by atoms with van der Waals surface area (Å²) in [6.07, 6.45) is 4.59. The second-order valence-corrected chi connectivity index (χ2v) is 12.4. The lowest BCUT2D eigenvalue weighted by atomic mass is 9.84. The molecule has 1 aliphatic heterocycles. The minimum absolute atomic E-state index is 0.0543. The highest BCUT2D eigenvalue weighted by Gasteiger charge is 2.39. The summed E-state index contributed by atoms with van der Waals surface area (Å²) in [7, 11) is -3.43. The first kappa shape index (κ1) is 26.6. The Labute approximate surface area is 217 Å². The molecule has 1 aliphatic carbocycles. The molecule has 1 aromatic heterocycles. The second-order valence-electron chi connectivity index (χ2n) is 10.2. The van der Waals surface area contributed by atoms with E-state index in [4.69, 9.17) is 5.73 Å². The number of nitrogens with two attached hydrogens (primary N) is 1. The number of amides is 2. The van der Waals surface area contributed by atoms with Crippen LogP contribution in [0.25, 0.3) is 0 Å². The largest absolute Gasteiger partial charge is 0.365 e. The van der Waals surface area contributed by atoms with Gasteiger partial charge in [-0.15, -0.1) is 0 Å². The maximum atomic E-state index is 12.3. The molecule has 0 radical (unpaired) electrons. The van der Waals surface area contributed by atoms with Crippen molar-refractivity contribution in [2.24, 2.45) is 11.7 Å². The third kappa shape index (κ3) is 6.11. The number of nitriles is 1. The van der Waals surface area contributed by atoms with Gasteiger partial charge in [-0.1, -0.05) is 12.1 Å². The number of sulfonamides is 1. The zero-order chi connectivity index (χ0) is 26.8. The average Bonchev–Trinajstić information content (AvgIpc) is 3.60. The van der Waals surface area contributed by atoms with E-state index in [1.165, 1.54) is 0 Å². The molecule has 198 valence electrons. The molecule has 4 N–H and O–H groups in total. The first-order valence-electron chi connectivity index (χ1n) is 12.4. The predicted octanol–water partition coefficient (Wildman–Crippen LogP) is 2.39. The zero-order valence-electron chi connectivity index (χ0n) is 21.1. The number of aromatic nitrogens is 2. The summed E-state index contributed by atoms with van der Waals surface area (Å²) in [5, 5.41) is 16.3. The van der Waals surface area contributed by atoms with Gasteiger partial charge in [0.05, 0.1) is 23.3 Å². The molecule has 11 nitrogen and oxygen atoms in total. The summed E-state index contributed by atoms with van der Waals surface area (Å²) in [6.45, 7) is 5.21. The van der Waals surface area contributed by atoms with Gasteiger partial charge in [0, 0.05) is 37.4 Å². The molecule has 0 unspecified atom stereocenters. The Hall–Kier alpha value is -3.43. The van der Waals surface area contributed by atoms with Gasteiger partial charge in [0.2, 0.25) is 15.9 Å². The van der Waals surface area contributed by atoms with Gasteiger partial charge in [0.25, 0.3) is 5.91 Å². The molecule has 2 heterocycles. The highest BCUT2D eigenvalue weighted by molar-refractivity contribution is 7.93. The Morgan fingerprint density at radius 1 is 1.27 bits per heavy atom. The molecule has 0 atom stereocenters. The van der Waals surface area contributed by atoms with Crippen LogP contribution in [-0.4, -0.2) is 53.3 Å². The molecule has 12 heteroatoms. The van der Waals surface area contributed by atoms with Crippen molar-refractivity contribution in [1.82, 2.24) is 14.7 Å². The van der Waals surface area contributed by atoms with Crippen LogP contribution in [0.4, 0.5) is 11.5 Å². The van der Waals surface area contributed by atoms with Crippen molar-refractivity contribution in [3.63, 3.8) is 0 Å². The van der Waals surface area contributed by atoms with Crippen molar-refractivity contribution in [1.29, 1.82) is 5.26 Å². The van der Waals surface area contributed by atoms with Crippen LogP contribution in [0.5, 0.6) is 0 Å². The number of hydrogen-bond donors (Lipinski definition) is 3.